The van der Waals surface area contributed by atoms with Crippen molar-refractivity contribution in [3.05, 3.63) is 35.3 Å². The predicted molar refractivity (Wildman–Crippen MR) is 113 cm³/mol. The van der Waals surface area contributed by atoms with Crippen LogP contribution in [0.4, 0.5) is 0 Å². The van der Waals surface area contributed by atoms with Gasteiger partial charge in [0.2, 0.25) is 0 Å². The number of aliphatic hydroxyl groups excluding tert-OH is 1. The zero-order chi connectivity index (χ0) is 20.1. The van der Waals surface area contributed by atoms with Crippen LogP contribution in [-0.4, -0.2) is 58.9 Å². The van der Waals surface area contributed by atoms with Crippen molar-refractivity contribution in [2.24, 2.45) is 4.99 Å². The van der Waals surface area contributed by atoms with Gasteiger partial charge in [0.05, 0.1) is 11.7 Å². The Kier molecular flexibility index (Phi) is 6.94. The van der Waals surface area contributed by atoms with Gasteiger partial charge < -0.3 is 20.2 Å². The van der Waals surface area contributed by atoms with E-state index in [-0.39, 0.29) is 18.1 Å². The Morgan fingerprint density at radius 1 is 1.29 bits per heavy atom. The van der Waals surface area contributed by atoms with Crippen molar-refractivity contribution in [2.75, 3.05) is 20.1 Å². The molecule has 1 saturated carbocycles. The maximum atomic E-state index is 13.2. The molecule has 0 unspecified atom stereocenters. The fourth-order valence-electron chi connectivity index (χ4n) is 3.91. The minimum atomic E-state index is -0.226. The molecule has 0 atom stereocenters. The summed E-state index contributed by atoms with van der Waals surface area (Å²) in [5, 5.41) is 12.9. The molecule has 28 heavy (non-hydrogen) atoms. The molecule has 1 amide bonds. The van der Waals surface area contributed by atoms with Crippen molar-refractivity contribution in [1.82, 2.24) is 15.1 Å². The minimum absolute atomic E-state index is 0.0733. The van der Waals surface area contributed by atoms with Crippen LogP contribution >= 0.6 is 0 Å². The predicted octanol–water partition coefficient (Wildman–Crippen LogP) is 2.93. The van der Waals surface area contributed by atoms with E-state index in [0.29, 0.717) is 11.4 Å². The van der Waals surface area contributed by atoms with Crippen LogP contribution in [0.2, 0.25) is 0 Å². The van der Waals surface area contributed by atoms with Crippen molar-refractivity contribution in [3.63, 3.8) is 0 Å². The summed E-state index contributed by atoms with van der Waals surface area (Å²) in [5.41, 5.74) is 1.77. The third-order valence-electron chi connectivity index (χ3n) is 5.90. The van der Waals surface area contributed by atoms with E-state index < -0.39 is 0 Å². The molecular weight excluding hydrogens is 352 g/mol. The molecule has 1 saturated heterocycles. The van der Waals surface area contributed by atoms with Crippen molar-refractivity contribution in [1.29, 1.82) is 0 Å². The van der Waals surface area contributed by atoms with E-state index in [1.165, 1.54) is 12.8 Å². The van der Waals surface area contributed by atoms with Gasteiger partial charge in [-0.1, -0.05) is 12.5 Å². The summed E-state index contributed by atoms with van der Waals surface area (Å²) < 4.78 is 0. The first-order chi connectivity index (χ1) is 13.5. The summed E-state index contributed by atoms with van der Waals surface area (Å²) in [7, 11) is 1.94. The Balaban J connectivity index is 1.88. The molecule has 3 rings (SSSR count). The van der Waals surface area contributed by atoms with Crippen molar-refractivity contribution in [2.45, 2.75) is 70.9 Å². The maximum absolute atomic E-state index is 13.2. The fourth-order valence-corrected chi connectivity index (χ4v) is 3.91. The Hall–Kier alpha value is -2.08. The van der Waals surface area contributed by atoms with E-state index in [1.807, 2.05) is 30.3 Å². The van der Waals surface area contributed by atoms with Gasteiger partial charge in [-0.2, -0.15) is 0 Å². The molecule has 3 aliphatic rings. The molecule has 2 heterocycles. The highest BCUT2D eigenvalue weighted by Crippen LogP contribution is 2.23. The molecule has 0 spiro atoms. The second-order valence-electron chi connectivity index (χ2n) is 8.15. The molecule has 2 N–H and O–H groups in total. The normalized spacial score (nSPS) is 27.7. The van der Waals surface area contributed by atoms with E-state index in [9.17, 15) is 9.90 Å². The lowest BCUT2D eigenvalue weighted by atomic mass is 9.93. The first kappa shape index (κ1) is 20.6. The van der Waals surface area contributed by atoms with E-state index in [2.05, 4.69) is 24.1 Å². The number of amidine groups is 1. The van der Waals surface area contributed by atoms with E-state index in [1.54, 1.807) is 0 Å². The van der Waals surface area contributed by atoms with Crippen LogP contribution in [0.3, 0.4) is 0 Å². The molecule has 154 valence electrons. The van der Waals surface area contributed by atoms with Crippen molar-refractivity contribution in [3.8, 4) is 0 Å². The third-order valence-corrected chi connectivity index (χ3v) is 5.90. The van der Waals surface area contributed by atoms with E-state index >= 15 is 0 Å². The molecule has 6 heteroatoms. The molecule has 2 fully saturated rings. The van der Waals surface area contributed by atoms with Crippen LogP contribution in [0.15, 0.2) is 40.3 Å². The monoisotopic (exact) mass is 386 g/mol. The molecule has 0 bridgehead atoms. The van der Waals surface area contributed by atoms with Gasteiger partial charge in [0.25, 0.3) is 5.91 Å². The molecule has 0 aromatic heterocycles. The number of aliphatic hydroxyl groups is 1. The first-order valence-corrected chi connectivity index (χ1v) is 10.6. The Labute approximate surface area is 168 Å². The van der Waals surface area contributed by atoms with Crippen LogP contribution in [0.25, 0.3) is 0 Å². The quantitative estimate of drug-likeness (QED) is 0.729. The largest absolute Gasteiger partial charge is 0.393 e. The molecular formula is C22H34N4O2. The minimum Gasteiger partial charge on any atom is -0.393 e. The number of rotatable bonds is 4. The molecule has 1 aliphatic carbocycles. The van der Waals surface area contributed by atoms with E-state index in [4.69, 9.17) is 4.99 Å². The summed E-state index contributed by atoms with van der Waals surface area (Å²) >= 11 is 0. The number of carbonyl (C=O) groups excluding carboxylic acids is 1. The van der Waals surface area contributed by atoms with Gasteiger partial charge in [-0.05, 0) is 64.0 Å². The zero-order valence-electron chi connectivity index (χ0n) is 17.4. The second-order valence-corrected chi connectivity index (χ2v) is 8.15. The molecule has 0 aromatic rings. The molecule has 2 aliphatic heterocycles. The van der Waals surface area contributed by atoms with Crippen molar-refractivity contribution >= 4 is 11.7 Å². The van der Waals surface area contributed by atoms with Gasteiger partial charge in [0, 0.05) is 32.4 Å². The lowest BCUT2D eigenvalue weighted by Crippen LogP contribution is -2.40. The van der Waals surface area contributed by atoms with E-state index in [0.717, 1.165) is 56.6 Å². The van der Waals surface area contributed by atoms with Gasteiger partial charge in [0.15, 0.2) is 0 Å². The number of nitrogens with one attached hydrogen (secondary N) is 1. The van der Waals surface area contributed by atoms with Crippen LogP contribution in [-0.2, 0) is 4.79 Å². The van der Waals surface area contributed by atoms with Crippen LogP contribution in [0, 0.1) is 0 Å². The van der Waals surface area contributed by atoms with Gasteiger partial charge in [-0.3, -0.25) is 4.79 Å². The van der Waals surface area contributed by atoms with Gasteiger partial charge in [-0.25, -0.2) is 4.99 Å². The second kappa shape index (κ2) is 9.41. The van der Waals surface area contributed by atoms with Gasteiger partial charge in [-0.15, -0.1) is 0 Å². The number of nitrogens with zero attached hydrogens (tertiary/aromatic N) is 3. The highest BCUT2D eigenvalue weighted by Gasteiger charge is 2.25. The Morgan fingerprint density at radius 3 is 2.61 bits per heavy atom. The van der Waals surface area contributed by atoms with Crippen molar-refractivity contribution < 1.29 is 9.90 Å². The highest BCUT2D eigenvalue weighted by atomic mass is 16.3. The smallest absolute Gasteiger partial charge is 0.255 e. The summed E-state index contributed by atoms with van der Waals surface area (Å²) in [6.45, 7) is 6.19. The number of allylic oxidation sites excluding steroid dienone is 1. The standard InChI is InChI=1S/C22H34N4O2/c1-4-16(2)15-19(22(28)23-17-7-9-18(27)10-8-17)21-24-20(11-14-25(21)3)26-12-5-6-13-26/h11,14-15,17-18,27H,4-10,12-13H2,1-3H3,(H,23,28)/b16-15-,21-19+. The summed E-state index contributed by atoms with van der Waals surface area (Å²) in [4.78, 5) is 22.3. The highest BCUT2D eigenvalue weighted by molar-refractivity contribution is 5.99. The molecule has 6 nitrogen and oxygen atoms in total. The Bertz CT molecular complexity index is 693. The Morgan fingerprint density at radius 2 is 1.96 bits per heavy atom. The maximum Gasteiger partial charge on any atom is 0.255 e. The summed E-state index contributed by atoms with van der Waals surface area (Å²) in [6, 6.07) is 0.119. The first-order valence-electron chi connectivity index (χ1n) is 10.6. The number of hydrogen-bond donors (Lipinski definition) is 2. The number of carbonyl (C=O) groups is 1. The zero-order valence-corrected chi connectivity index (χ0v) is 17.4. The summed E-state index contributed by atoms with van der Waals surface area (Å²) in [5.74, 6) is 1.57. The number of amides is 1. The summed E-state index contributed by atoms with van der Waals surface area (Å²) in [6.07, 6.45) is 12.2. The fraction of sp³-hybridized carbons (Fsp3) is 0.636. The molecule has 0 radical (unpaired) electrons. The van der Waals surface area contributed by atoms with Crippen LogP contribution < -0.4 is 5.32 Å². The average molecular weight is 387 g/mol. The van der Waals surface area contributed by atoms with Crippen LogP contribution in [0.5, 0.6) is 0 Å². The number of likely N-dealkylation sites (tertiary alicyclic amines) is 1. The van der Waals surface area contributed by atoms with Crippen LogP contribution in [0.1, 0.15) is 58.8 Å². The average Bonchev–Trinajstić information content (AvgIpc) is 3.23. The van der Waals surface area contributed by atoms with Gasteiger partial charge in [0.1, 0.15) is 11.7 Å². The SMILES string of the molecule is CC/C(C)=C\C(C(=O)NC1CCC(O)CC1)=C1\N=C(N2CCCC2)C=CN1C. The topological polar surface area (TPSA) is 68.2 Å². The molecule has 0 aromatic carbocycles. The number of aliphatic imine (C=N–C) groups is 1. The third kappa shape index (κ3) is 5.04. The van der Waals surface area contributed by atoms with Gasteiger partial charge >= 0.3 is 0 Å². The lowest BCUT2D eigenvalue weighted by Gasteiger charge is -2.28. The lowest BCUT2D eigenvalue weighted by molar-refractivity contribution is -0.118. The number of hydrogen-bond acceptors (Lipinski definition) is 5.